The van der Waals surface area contributed by atoms with E-state index >= 15 is 0 Å². The number of hydrogen-bond acceptors (Lipinski definition) is 7. The van der Waals surface area contributed by atoms with Crippen molar-refractivity contribution in [2.24, 2.45) is 0 Å². The quantitative estimate of drug-likeness (QED) is 0.690. The summed E-state index contributed by atoms with van der Waals surface area (Å²) in [6.45, 7) is 1.07. The molecule has 0 fully saturated rings. The Morgan fingerprint density at radius 2 is 1.59 bits per heavy atom. The Balaban J connectivity index is 1.40. The fourth-order valence-corrected chi connectivity index (χ4v) is 2.81. The molecule has 0 spiro atoms. The summed E-state index contributed by atoms with van der Waals surface area (Å²) in [6, 6.07) is 13.1. The summed E-state index contributed by atoms with van der Waals surface area (Å²) < 4.78 is 11.1. The summed E-state index contributed by atoms with van der Waals surface area (Å²) in [4.78, 5) is 22.9. The minimum atomic E-state index is -0.270. The molecule has 4 rings (SSSR count). The lowest BCUT2D eigenvalue weighted by atomic mass is 10.2. The number of nitrogens with zero attached hydrogens (tertiary/aromatic N) is 3. The van der Waals surface area contributed by atoms with Gasteiger partial charge in [0.05, 0.1) is 5.56 Å². The van der Waals surface area contributed by atoms with Gasteiger partial charge in [0.1, 0.15) is 13.2 Å². The lowest BCUT2D eigenvalue weighted by Crippen LogP contribution is -2.15. The molecule has 2 aromatic carbocycles. The molecule has 0 saturated heterocycles. The Labute approximate surface area is 168 Å². The molecule has 0 aliphatic carbocycles. The van der Waals surface area contributed by atoms with E-state index in [9.17, 15) is 4.79 Å². The normalized spacial score (nSPS) is 12.2. The van der Waals surface area contributed by atoms with Crippen molar-refractivity contribution >= 4 is 28.9 Å². The van der Waals surface area contributed by atoms with Crippen LogP contribution < -0.4 is 25.0 Å². The zero-order valence-electron chi connectivity index (χ0n) is 16.2. The Kier molecular flexibility index (Phi) is 5.15. The fraction of sp³-hybridized carbons (Fsp3) is 0.190. The van der Waals surface area contributed by atoms with Crippen LogP contribution in [0.5, 0.6) is 11.5 Å². The third kappa shape index (κ3) is 4.37. The van der Waals surface area contributed by atoms with Gasteiger partial charge in [0.25, 0.3) is 5.91 Å². The molecule has 1 amide bonds. The summed E-state index contributed by atoms with van der Waals surface area (Å²) in [5, 5.41) is 5.93. The van der Waals surface area contributed by atoms with Crippen LogP contribution in [0.15, 0.2) is 54.9 Å². The minimum absolute atomic E-state index is 0.270. The van der Waals surface area contributed by atoms with E-state index in [0.717, 1.165) is 11.4 Å². The van der Waals surface area contributed by atoms with Gasteiger partial charge in [-0.05, 0) is 36.4 Å². The smallest absolute Gasteiger partial charge is 0.258 e. The molecule has 0 atom stereocenters. The molecular weight excluding hydrogens is 370 g/mol. The van der Waals surface area contributed by atoms with Gasteiger partial charge in [-0.2, -0.15) is 0 Å². The zero-order valence-corrected chi connectivity index (χ0v) is 16.2. The Bertz CT molecular complexity index is 1000. The van der Waals surface area contributed by atoms with Gasteiger partial charge in [0.2, 0.25) is 5.95 Å². The molecule has 29 heavy (non-hydrogen) atoms. The molecule has 0 saturated carbocycles. The summed E-state index contributed by atoms with van der Waals surface area (Å²) in [7, 11) is 3.93. The second-order valence-corrected chi connectivity index (χ2v) is 6.67. The minimum Gasteiger partial charge on any atom is -0.486 e. The van der Waals surface area contributed by atoms with Gasteiger partial charge in [-0.15, -0.1) is 0 Å². The largest absolute Gasteiger partial charge is 0.486 e. The molecule has 148 valence electrons. The van der Waals surface area contributed by atoms with E-state index in [1.807, 2.05) is 61.5 Å². The number of carbonyl (C=O) groups excluding carboxylic acids is 1. The average Bonchev–Trinajstić information content (AvgIpc) is 2.74. The second-order valence-electron chi connectivity index (χ2n) is 6.67. The predicted octanol–water partition coefficient (Wildman–Crippen LogP) is 3.31. The van der Waals surface area contributed by atoms with Crippen molar-refractivity contribution in [3.8, 4) is 11.5 Å². The zero-order chi connectivity index (χ0) is 20.2. The Morgan fingerprint density at radius 3 is 2.28 bits per heavy atom. The molecule has 8 nitrogen and oxygen atoms in total. The van der Waals surface area contributed by atoms with Gasteiger partial charge in [0.15, 0.2) is 11.5 Å². The highest BCUT2D eigenvalue weighted by atomic mass is 16.6. The molecule has 3 aromatic rings. The number of carbonyl (C=O) groups is 1. The van der Waals surface area contributed by atoms with Gasteiger partial charge in [0, 0.05) is 49.6 Å². The Hall–Kier alpha value is -3.81. The van der Waals surface area contributed by atoms with Gasteiger partial charge in [-0.25, -0.2) is 9.97 Å². The average molecular weight is 391 g/mol. The predicted molar refractivity (Wildman–Crippen MR) is 111 cm³/mol. The van der Waals surface area contributed by atoms with Crippen molar-refractivity contribution in [3.63, 3.8) is 0 Å². The van der Waals surface area contributed by atoms with Gasteiger partial charge < -0.3 is 25.0 Å². The summed E-state index contributed by atoms with van der Waals surface area (Å²) in [6.07, 6.45) is 2.97. The first-order chi connectivity index (χ1) is 14.1. The molecule has 1 aliphatic rings. The molecular formula is C21H21N5O3. The molecule has 2 N–H and O–H groups in total. The SMILES string of the molecule is CN(C)c1ccc(NC(=O)c2cnc(Nc3ccc4c(c3)OCCO4)nc2)cc1. The van der Waals surface area contributed by atoms with Crippen LogP contribution in [0.4, 0.5) is 23.0 Å². The third-order valence-corrected chi connectivity index (χ3v) is 4.35. The molecule has 1 aliphatic heterocycles. The topological polar surface area (TPSA) is 88.6 Å². The molecule has 0 bridgehead atoms. The first-order valence-electron chi connectivity index (χ1n) is 9.16. The highest BCUT2D eigenvalue weighted by Gasteiger charge is 2.13. The molecule has 8 heteroatoms. The van der Waals surface area contributed by atoms with Crippen LogP contribution >= 0.6 is 0 Å². The number of aromatic nitrogens is 2. The lowest BCUT2D eigenvalue weighted by molar-refractivity contribution is 0.102. The Morgan fingerprint density at radius 1 is 0.931 bits per heavy atom. The third-order valence-electron chi connectivity index (χ3n) is 4.35. The number of hydrogen-bond donors (Lipinski definition) is 2. The summed E-state index contributed by atoms with van der Waals surface area (Å²) in [5.74, 6) is 1.51. The van der Waals surface area contributed by atoms with E-state index in [1.165, 1.54) is 12.4 Å². The van der Waals surface area contributed by atoms with Crippen LogP contribution in [-0.4, -0.2) is 43.2 Å². The highest BCUT2D eigenvalue weighted by Crippen LogP contribution is 2.33. The molecule has 0 radical (unpaired) electrons. The number of amides is 1. The first-order valence-corrected chi connectivity index (χ1v) is 9.16. The van der Waals surface area contributed by atoms with Crippen LogP contribution in [0.2, 0.25) is 0 Å². The van der Waals surface area contributed by atoms with E-state index in [4.69, 9.17) is 9.47 Å². The maximum atomic E-state index is 12.4. The number of rotatable bonds is 5. The van der Waals surface area contributed by atoms with E-state index < -0.39 is 0 Å². The fourth-order valence-electron chi connectivity index (χ4n) is 2.81. The standard InChI is InChI=1S/C21H21N5O3/c1-26(2)17-6-3-15(4-7-17)24-20(27)14-12-22-21(23-13-14)25-16-5-8-18-19(11-16)29-10-9-28-18/h3-8,11-13H,9-10H2,1-2H3,(H,24,27)(H,22,23,25). The monoisotopic (exact) mass is 391 g/mol. The molecule has 0 unspecified atom stereocenters. The van der Waals surface area contributed by atoms with Crippen molar-refractivity contribution in [2.75, 3.05) is 42.8 Å². The maximum absolute atomic E-state index is 12.4. The first kappa shape index (κ1) is 18.5. The van der Waals surface area contributed by atoms with Crippen LogP contribution in [0.1, 0.15) is 10.4 Å². The van der Waals surface area contributed by atoms with Crippen molar-refractivity contribution in [2.45, 2.75) is 0 Å². The van der Waals surface area contributed by atoms with Crippen molar-refractivity contribution < 1.29 is 14.3 Å². The van der Waals surface area contributed by atoms with Crippen LogP contribution in [0.3, 0.4) is 0 Å². The second kappa shape index (κ2) is 8.05. The van der Waals surface area contributed by atoms with E-state index in [1.54, 1.807) is 0 Å². The number of fused-ring (bicyclic) bond motifs is 1. The number of nitrogens with one attached hydrogen (secondary N) is 2. The van der Waals surface area contributed by atoms with Crippen molar-refractivity contribution in [1.82, 2.24) is 9.97 Å². The number of ether oxygens (including phenoxy) is 2. The lowest BCUT2D eigenvalue weighted by Gasteiger charge is -2.19. The maximum Gasteiger partial charge on any atom is 0.258 e. The van der Waals surface area contributed by atoms with Crippen LogP contribution in [0.25, 0.3) is 0 Å². The van der Waals surface area contributed by atoms with Crippen LogP contribution in [0, 0.1) is 0 Å². The highest BCUT2D eigenvalue weighted by molar-refractivity contribution is 6.04. The van der Waals surface area contributed by atoms with Gasteiger partial charge in [-0.3, -0.25) is 4.79 Å². The van der Waals surface area contributed by atoms with E-state index in [-0.39, 0.29) is 5.91 Å². The van der Waals surface area contributed by atoms with Crippen molar-refractivity contribution in [3.05, 3.63) is 60.4 Å². The van der Waals surface area contributed by atoms with Gasteiger partial charge >= 0.3 is 0 Å². The van der Waals surface area contributed by atoms with E-state index in [2.05, 4.69) is 20.6 Å². The summed E-state index contributed by atoms with van der Waals surface area (Å²) in [5.41, 5.74) is 2.90. The van der Waals surface area contributed by atoms with E-state index in [0.29, 0.717) is 41.9 Å². The number of benzene rings is 2. The van der Waals surface area contributed by atoms with Gasteiger partial charge in [-0.1, -0.05) is 0 Å². The molecule has 2 heterocycles. The molecule has 1 aromatic heterocycles. The van der Waals surface area contributed by atoms with Crippen molar-refractivity contribution in [1.29, 1.82) is 0 Å². The van der Waals surface area contributed by atoms with Crippen LogP contribution in [-0.2, 0) is 0 Å². The number of anilines is 4. The summed E-state index contributed by atoms with van der Waals surface area (Å²) >= 11 is 0.